The Morgan fingerprint density at radius 3 is 2.53 bits per heavy atom. The zero-order valence-corrected chi connectivity index (χ0v) is 20.5. The average molecular weight is 457 g/mol. The van der Waals surface area contributed by atoms with Crippen molar-refractivity contribution in [1.82, 2.24) is 0 Å². The Kier molecular flexibility index (Phi) is 5.15. The predicted molar refractivity (Wildman–Crippen MR) is 134 cm³/mol. The number of carbonyl (C=O) groups is 2. The van der Waals surface area contributed by atoms with Gasteiger partial charge in [-0.1, -0.05) is 48.9 Å². The summed E-state index contributed by atoms with van der Waals surface area (Å²) in [4.78, 5) is 24.8. The number of hydrogen-bond donors (Lipinski definition) is 1. The van der Waals surface area contributed by atoms with Crippen molar-refractivity contribution in [2.24, 2.45) is 23.2 Å². The smallest absolute Gasteiger partial charge is 0.165 e. The lowest BCUT2D eigenvalue weighted by molar-refractivity contribution is -0.114. The molecule has 5 atom stereocenters. The molecule has 2 unspecified atom stereocenters. The third-order valence-corrected chi connectivity index (χ3v) is 9.94. The number of rotatable bonds is 4. The zero-order valence-electron chi connectivity index (χ0n) is 20.5. The second kappa shape index (κ2) is 7.88. The highest BCUT2D eigenvalue weighted by atomic mass is 16.3. The normalized spacial score (nSPS) is 37.3. The number of hydrogen-bond acceptors (Lipinski definition) is 3. The summed E-state index contributed by atoms with van der Waals surface area (Å²) in [5.41, 5.74) is 5.36. The number of fused-ring (bicyclic) bond motifs is 4. The van der Waals surface area contributed by atoms with Gasteiger partial charge in [0, 0.05) is 29.2 Å². The quantitative estimate of drug-likeness (QED) is 0.416. The summed E-state index contributed by atoms with van der Waals surface area (Å²) < 4.78 is 0. The van der Waals surface area contributed by atoms with Crippen LogP contribution in [0.2, 0.25) is 0 Å². The summed E-state index contributed by atoms with van der Waals surface area (Å²) in [6.07, 6.45) is 14.3. The van der Waals surface area contributed by atoms with E-state index in [1.165, 1.54) is 16.7 Å². The number of aliphatic hydroxyl groups is 1. The van der Waals surface area contributed by atoms with Crippen LogP contribution >= 0.6 is 0 Å². The second-order valence-corrected chi connectivity index (χ2v) is 11.7. The van der Waals surface area contributed by atoms with Gasteiger partial charge in [0.05, 0.1) is 5.60 Å². The van der Waals surface area contributed by atoms with Crippen LogP contribution in [-0.2, 0) is 4.79 Å². The Hall–Kier alpha value is -2.26. The molecule has 0 aromatic heterocycles. The first-order chi connectivity index (χ1) is 16.3. The second-order valence-electron chi connectivity index (χ2n) is 11.7. The molecule has 5 aliphatic carbocycles. The molecular formula is C31H36O3. The number of Topliss-reactive ketones (excluding diaryl/α,β-unsaturated/α-hetero) is 1. The monoisotopic (exact) mass is 456 g/mol. The summed E-state index contributed by atoms with van der Waals surface area (Å²) in [6.45, 7) is 4.33. The van der Waals surface area contributed by atoms with Crippen LogP contribution in [0, 0.1) is 23.2 Å². The molecule has 1 aromatic carbocycles. The van der Waals surface area contributed by atoms with Gasteiger partial charge in [0.25, 0.3) is 0 Å². The van der Waals surface area contributed by atoms with Crippen molar-refractivity contribution in [3.63, 3.8) is 0 Å². The average Bonchev–Trinajstić information content (AvgIpc) is 3.64. The van der Waals surface area contributed by atoms with Crippen molar-refractivity contribution < 1.29 is 14.7 Å². The van der Waals surface area contributed by atoms with E-state index >= 15 is 0 Å². The topological polar surface area (TPSA) is 54.4 Å². The summed E-state index contributed by atoms with van der Waals surface area (Å²) in [5, 5.41) is 11.8. The van der Waals surface area contributed by atoms with Crippen molar-refractivity contribution >= 4 is 11.6 Å². The Bertz CT molecular complexity index is 1130. The molecule has 178 valence electrons. The molecule has 3 saturated carbocycles. The maximum absolute atomic E-state index is 12.6. The molecule has 1 aromatic rings. The fourth-order valence-electron chi connectivity index (χ4n) is 8.01. The highest BCUT2D eigenvalue weighted by Gasteiger charge is 2.61. The zero-order chi connectivity index (χ0) is 23.7. The van der Waals surface area contributed by atoms with Crippen LogP contribution in [-0.4, -0.2) is 22.3 Å². The highest BCUT2D eigenvalue weighted by Crippen LogP contribution is 2.67. The Morgan fingerprint density at radius 2 is 1.82 bits per heavy atom. The number of ketones is 2. The molecule has 0 saturated heterocycles. The minimum Gasteiger partial charge on any atom is -0.385 e. The van der Waals surface area contributed by atoms with Crippen LogP contribution in [0.5, 0.6) is 0 Å². The van der Waals surface area contributed by atoms with Gasteiger partial charge >= 0.3 is 0 Å². The maximum Gasteiger partial charge on any atom is 0.165 e. The maximum atomic E-state index is 12.6. The van der Waals surface area contributed by atoms with Crippen LogP contribution in [0.3, 0.4) is 0 Å². The molecule has 34 heavy (non-hydrogen) atoms. The van der Waals surface area contributed by atoms with Crippen molar-refractivity contribution in [3.8, 4) is 0 Å². The van der Waals surface area contributed by atoms with Crippen LogP contribution in [0.15, 0.2) is 59.2 Å². The van der Waals surface area contributed by atoms with Gasteiger partial charge in [-0.25, -0.2) is 0 Å². The predicted octanol–water partition coefficient (Wildman–Crippen LogP) is 6.49. The van der Waals surface area contributed by atoms with Crippen LogP contribution in [0.4, 0.5) is 0 Å². The van der Waals surface area contributed by atoms with Crippen molar-refractivity contribution in [3.05, 3.63) is 70.3 Å². The fourth-order valence-corrected chi connectivity index (χ4v) is 8.01. The van der Waals surface area contributed by atoms with E-state index in [-0.39, 0.29) is 28.8 Å². The minimum atomic E-state index is -0.776. The third kappa shape index (κ3) is 3.26. The van der Waals surface area contributed by atoms with E-state index in [4.69, 9.17) is 0 Å². The summed E-state index contributed by atoms with van der Waals surface area (Å²) in [5.74, 6) is 1.92. The lowest BCUT2D eigenvalue weighted by Crippen LogP contribution is -2.50. The van der Waals surface area contributed by atoms with Crippen molar-refractivity contribution in [2.45, 2.75) is 83.2 Å². The lowest BCUT2D eigenvalue weighted by atomic mass is 9.51. The number of benzene rings is 1. The summed E-state index contributed by atoms with van der Waals surface area (Å²) >= 11 is 0. The van der Waals surface area contributed by atoms with Gasteiger partial charge in [-0.15, -0.1) is 0 Å². The van der Waals surface area contributed by atoms with Gasteiger partial charge in [0.15, 0.2) is 11.6 Å². The first-order valence-corrected chi connectivity index (χ1v) is 13.3. The molecule has 0 radical (unpaired) electrons. The molecule has 0 aliphatic heterocycles. The van der Waals surface area contributed by atoms with E-state index in [1.807, 2.05) is 37.3 Å². The van der Waals surface area contributed by atoms with Gasteiger partial charge in [0.2, 0.25) is 0 Å². The molecule has 3 heteroatoms. The SMILES string of the molecule is CC=C[C@]1(O)CCC2C3CCC4=CC(=O)CCC4=C3[C@@H](c3ccc(C(=O)C4CC4)cc3)C[C@@]21C. The van der Waals surface area contributed by atoms with E-state index in [2.05, 4.69) is 19.1 Å². The molecule has 3 nitrogen and oxygen atoms in total. The largest absolute Gasteiger partial charge is 0.385 e. The molecule has 1 N–H and O–H groups in total. The van der Waals surface area contributed by atoms with Gasteiger partial charge in [0.1, 0.15) is 0 Å². The Labute approximate surface area is 203 Å². The fraction of sp³-hybridized carbons (Fsp3) is 0.548. The van der Waals surface area contributed by atoms with Crippen LogP contribution < -0.4 is 0 Å². The molecule has 0 bridgehead atoms. The molecule has 3 fully saturated rings. The highest BCUT2D eigenvalue weighted by molar-refractivity contribution is 5.99. The summed E-state index contributed by atoms with van der Waals surface area (Å²) in [7, 11) is 0. The third-order valence-electron chi connectivity index (χ3n) is 9.94. The number of allylic oxidation sites excluding steroid dienone is 5. The van der Waals surface area contributed by atoms with Crippen molar-refractivity contribution in [2.75, 3.05) is 0 Å². The first-order valence-electron chi connectivity index (χ1n) is 13.3. The van der Waals surface area contributed by atoms with Crippen LogP contribution in [0.25, 0.3) is 0 Å². The van der Waals surface area contributed by atoms with Gasteiger partial charge in [-0.3, -0.25) is 9.59 Å². The molecule has 0 amide bonds. The van der Waals surface area contributed by atoms with E-state index < -0.39 is 5.60 Å². The van der Waals surface area contributed by atoms with Crippen molar-refractivity contribution in [1.29, 1.82) is 0 Å². The van der Waals surface area contributed by atoms with Gasteiger partial charge in [-0.2, -0.15) is 0 Å². The van der Waals surface area contributed by atoms with Crippen LogP contribution in [0.1, 0.15) is 93.5 Å². The lowest BCUT2D eigenvalue weighted by Gasteiger charge is -2.54. The van der Waals surface area contributed by atoms with Gasteiger partial charge in [-0.05, 0) is 92.9 Å². The van der Waals surface area contributed by atoms with E-state index in [1.54, 1.807) is 5.57 Å². The minimum absolute atomic E-state index is 0.187. The molecular weight excluding hydrogens is 420 g/mol. The van der Waals surface area contributed by atoms with E-state index in [9.17, 15) is 14.7 Å². The van der Waals surface area contributed by atoms with Gasteiger partial charge < -0.3 is 5.11 Å². The molecule has 0 heterocycles. The summed E-state index contributed by atoms with van der Waals surface area (Å²) in [6, 6.07) is 8.40. The number of carbonyl (C=O) groups excluding carboxylic acids is 2. The molecule has 5 aliphatic rings. The van der Waals surface area contributed by atoms with E-state index in [0.29, 0.717) is 18.3 Å². The van der Waals surface area contributed by atoms with E-state index in [0.717, 1.165) is 56.9 Å². The standard InChI is InChI=1S/C31H36O3/c1-3-15-31(34)16-14-27-25-12-10-22-17-23(32)11-13-24(22)28(25)26(18-30(27,31)2)19-4-6-20(7-5-19)29(33)21-8-9-21/h3-7,15,17,21,25-27,34H,8-14,16,18H2,1-2H3/t25?,26-,27?,30+,31+/m1/s1. The molecule has 6 rings (SSSR count). The first kappa shape index (κ1) is 22.2. The Balaban J connectivity index is 1.47. The Morgan fingerprint density at radius 1 is 1.06 bits per heavy atom. The molecule has 0 spiro atoms.